The lowest BCUT2D eigenvalue weighted by molar-refractivity contribution is 0.177. The van der Waals surface area contributed by atoms with Crippen LogP contribution in [0.3, 0.4) is 0 Å². The molecule has 1 fully saturated rings. The maximum atomic E-state index is 4.91. The van der Waals surface area contributed by atoms with Crippen LogP contribution in [0.5, 0.6) is 0 Å². The van der Waals surface area contributed by atoms with E-state index >= 15 is 0 Å². The molecule has 0 bridgehead atoms. The lowest BCUT2D eigenvalue weighted by atomic mass is 9.42. The van der Waals surface area contributed by atoms with E-state index in [1.54, 1.807) is 0 Å². The molecular weight excluding hydrogens is 485 g/mol. The fourth-order valence-corrected chi connectivity index (χ4v) is 5.69. The van der Waals surface area contributed by atoms with Crippen molar-refractivity contribution in [2.45, 2.75) is 46.9 Å². The van der Waals surface area contributed by atoms with Crippen LogP contribution < -0.4 is 5.46 Å². The van der Waals surface area contributed by atoms with Crippen LogP contribution in [-0.2, 0) is 6.54 Å². The molecule has 0 unspecified atom stereocenters. The van der Waals surface area contributed by atoms with Gasteiger partial charge >= 0.3 is 0 Å². The van der Waals surface area contributed by atoms with Crippen molar-refractivity contribution in [2.24, 2.45) is 25.8 Å². The SMILES string of the molecule is C=NC(=NC(=NCc1ccc(-c2cccc(B3CC(C)(C)C(C)(C)C3)c2)cc1)c1ccccc1)c1ccccc1. The number of hydrogen-bond acceptors (Lipinski definition) is 1. The molecule has 0 saturated carbocycles. The van der Waals surface area contributed by atoms with E-state index in [9.17, 15) is 0 Å². The van der Waals surface area contributed by atoms with Crippen LogP contribution in [0.2, 0.25) is 12.6 Å². The van der Waals surface area contributed by atoms with Crippen molar-refractivity contribution < 1.29 is 0 Å². The first-order chi connectivity index (χ1) is 19.3. The summed E-state index contributed by atoms with van der Waals surface area (Å²) < 4.78 is 0. The van der Waals surface area contributed by atoms with Gasteiger partial charge < -0.3 is 0 Å². The molecule has 4 heteroatoms. The summed E-state index contributed by atoms with van der Waals surface area (Å²) >= 11 is 0. The lowest BCUT2D eigenvalue weighted by Crippen LogP contribution is -2.27. The van der Waals surface area contributed by atoms with Gasteiger partial charge in [-0.3, -0.25) is 4.99 Å². The second kappa shape index (κ2) is 11.6. The van der Waals surface area contributed by atoms with Gasteiger partial charge in [0.2, 0.25) is 0 Å². The molecule has 3 nitrogen and oxygen atoms in total. The Kier molecular flexibility index (Phi) is 7.98. The summed E-state index contributed by atoms with van der Waals surface area (Å²) in [5.41, 5.74) is 7.66. The Labute approximate surface area is 239 Å². The monoisotopic (exact) mass is 523 g/mol. The first-order valence-electron chi connectivity index (χ1n) is 14.2. The highest BCUT2D eigenvalue weighted by Crippen LogP contribution is 2.52. The highest BCUT2D eigenvalue weighted by Gasteiger charge is 2.48. The summed E-state index contributed by atoms with van der Waals surface area (Å²) in [5, 5.41) is 0. The molecule has 0 aliphatic carbocycles. The third-order valence-corrected chi connectivity index (χ3v) is 8.83. The van der Waals surface area contributed by atoms with Crippen molar-refractivity contribution in [1.29, 1.82) is 0 Å². The topological polar surface area (TPSA) is 37.1 Å². The highest BCUT2D eigenvalue weighted by molar-refractivity contribution is 6.74. The molecule has 1 aliphatic heterocycles. The van der Waals surface area contributed by atoms with E-state index < -0.39 is 0 Å². The predicted molar refractivity (Wildman–Crippen MR) is 174 cm³/mol. The number of rotatable bonds is 6. The Morgan fingerprint density at radius 3 is 1.82 bits per heavy atom. The average molecular weight is 524 g/mol. The van der Waals surface area contributed by atoms with Gasteiger partial charge in [0.25, 0.3) is 0 Å². The highest BCUT2D eigenvalue weighted by atomic mass is 15.0. The largest absolute Gasteiger partial charge is 0.261 e. The van der Waals surface area contributed by atoms with Gasteiger partial charge in [-0.2, -0.15) is 0 Å². The van der Waals surface area contributed by atoms with Crippen LogP contribution in [0.25, 0.3) is 11.1 Å². The second-order valence-corrected chi connectivity index (χ2v) is 12.2. The third kappa shape index (κ3) is 6.07. The molecule has 1 aliphatic rings. The maximum absolute atomic E-state index is 4.91. The summed E-state index contributed by atoms with van der Waals surface area (Å²) in [5.74, 6) is 1.21. The van der Waals surface area contributed by atoms with Gasteiger partial charge in [0, 0.05) is 11.1 Å². The zero-order chi connectivity index (χ0) is 28.2. The van der Waals surface area contributed by atoms with Gasteiger partial charge in [0.1, 0.15) is 0 Å². The molecule has 0 aromatic heterocycles. The van der Waals surface area contributed by atoms with E-state index in [-0.39, 0.29) is 0 Å². The minimum absolute atomic E-state index is 0.349. The van der Waals surface area contributed by atoms with Crippen molar-refractivity contribution in [3.63, 3.8) is 0 Å². The molecule has 4 aromatic rings. The van der Waals surface area contributed by atoms with Crippen LogP contribution in [0.1, 0.15) is 44.4 Å². The summed E-state index contributed by atoms with van der Waals surface area (Å²) in [7, 11) is 0. The van der Waals surface area contributed by atoms with E-state index in [4.69, 9.17) is 9.98 Å². The van der Waals surface area contributed by atoms with Crippen molar-refractivity contribution in [1.82, 2.24) is 0 Å². The molecule has 0 spiro atoms. The molecule has 0 N–H and O–H groups in total. The second-order valence-electron chi connectivity index (χ2n) is 12.2. The molecule has 4 aromatic carbocycles. The molecule has 5 rings (SSSR count). The Morgan fingerprint density at radius 1 is 0.675 bits per heavy atom. The average Bonchev–Trinajstić information content (AvgIpc) is 3.21. The van der Waals surface area contributed by atoms with Crippen molar-refractivity contribution in [2.75, 3.05) is 0 Å². The molecule has 1 heterocycles. The number of benzene rings is 4. The number of hydrogen-bond donors (Lipinski definition) is 0. The van der Waals surface area contributed by atoms with Crippen molar-refractivity contribution >= 4 is 30.6 Å². The summed E-state index contributed by atoms with van der Waals surface area (Å²) in [6, 6.07) is 37.8. The van der Waals surface area contributed by atoms with Gasteiger partial charge in [-0.15, -0.1) is 0 Å². The quantitative estimate of drug-likeness (QED) is 0.139. The minimum Gasteiger partial charge on any atom is -0.261 e. The zero-order valence-electron chi connectivity index (χ0n) is 24.1. The first-order valence-corrected chi connectivity index (χ1v) is 14.2. The predicted octanol–water partition coefficient (Wildman–Crippen LogP) is 8.22. The molecule has 0 radical (unpaired) electrons. The molecule has 40 heavy (non-hydrogen) atoms. The van der Waals surface area contributed by atoms with Gasteiger partial charge in [-0.1, -0.05) is 155 Å². The standard InChI is InChI=1S/C36H38BN3/c1-35(2)25-37(26-36(35,3)4)32-18-12-17-31(23-32)28-21-19-27(20-22-28)24-39-34(30-15-10-7-11-16-30)40-33(38-5)29-13-8-6-9-14-29/h6-23H,5,24-26H2,1-4H3. The van der Waals surface area contributed by atoms with Gasteiger partial charge in [0.05, 0.1) is 6.54 Å². The van der Waals surface area contributed by atoms with Crippen LogP contribution in [-0.4, -0.2) is 25.1 Å². The number of nitrogens with zero attached hydrogens (tertiary/aromatic N) is 3. The Hall–Kier alpha value is -4.05. The van der Waals surface area contributed by atoms with E-state index in [2.05, 4.69) is 87.9 Å². The lowest BCUT2D eigenvalue weighted by Gasteiger charge is -2.35. The van der Waals surface area contributed by atoms with Crippen LogP contribution in [0, 0.1) is 10.8 Å². The van der Waals surface area contributed by atoms with Gasteiger partial charge in [-0.05, 0) is 34.2 Å². The van der Waals surface area contributed by atoms with E-state index in [1.807, 2.05) is 60.7 Å². The van der Waals surface area contributed by atoms with Gasteiger partial charge in [0.15, 0.2) is 18.4 Å². The number of amidine groups is 2. The van der Waals surface area contributed by atoms with Crippen LogP contribution in [0.15, 0.2) is 124 Å². The normalized spacial score (nSPS) is 16.6. The van der Waals surface area contributed by atoms with Gasteiger partial charge in [-0.25, -0.2) is 9.98 Å². The van der Waals surface area contributed by atoms with Crippen LogP contribution in [0.4, 0.5) is 0 Å². The number of aliphatic imine (C=N–C) groups is 3. The molecule has 200 valence electrons. The smallest absolute Gasteiger partial charge is 0.176 e. The van der Waals surface area contributed by atoms with E-state index in [0.29, 0.717) is 35.8 Å². The minimum atomic E-state index is 0.349. The molecule has 1 saturated heterocycles. The Bertz CT molecular complexity index is 1500. The van der Waals surface area contributed by atoms with Crippen molar-refractivity contribution in [3.05, 3.63) is 126 Å². The fourth-order valence-electron chi connectivity index (χ4n) is 5.69. The maximum Gasteiger partial charge on any atom is 0.176 e. The van der Waals surface area contributed by atoms with Crippen LogP contribution >= 0.6 is 0 Å². The first kappa shape index (κ1) is 27.5. The summed E-state index contributed by atoms with van der Waals surface area (Å²) in [6.07, 6.45) is 2.47. The molecular formula is C36H38BN3. The third-order valence-electron chi connectivity index (χ3n) is 8.83. The summed E-state index contributed by atoms with van der Waals surface area (Å²) in [6.45, 7) is 14.6. The Morgan fingerprint density at radius 2 is 1.25 bits per heavy atom. The zero-order valence-corrected chi connectivity index (χ0v) is 24.1. The molecule has 0 amide bonds. The molecule has 0 atom stereocenters. The van der Waals surface area contributed by atoms with E-state index in [0.717, 1.165) is 16.7 Å². The fraction of sp³-hybridized carbons (Fsp3) is 0.250. The summed E-state index contributed by atoms with van der Waals surface area (Å²) in [4.78, 5) is 13.9. The van der Waals surface area contributed by atoms with E-state index in [1.165, 1.54) is 29.2 Å². The Balaban J connectivity index is 1.37. The van der Waals surface area contributed by atoms with Crippen molar-refractivity contribution in [3.8, 4) is 11.1 Å².